The number of carbonyl (C=O) groups excluding carboxylic acids is 2. The number of aromatic hydroxyl groups is 1. The molecule has 0 radical (unpaired) electrons. The monoisotopic (exact) mass is 304 g/mol. The molecule has 0 spiro atoms. The summed E-state index contributed by atoms with van der Waals surface area (Å²) in [6, 6.07) is 4.80. The zero-order valence-corrected chi connectivity index (χ0v) is 13.0. The van der Waals surface area contributed by atoms with Crippen LogP contribution in [-0.2, 0) is 15.1 Å². The molecule has 1 fully saturated rings. The molecule has 118 valence electrons. The molecule has 0 unspecified atom stereocenters. The van der Waals surface area contributed by atoms with Crippen molar-refractivity contribution < 1.29 is 19.4 Å². The van der Waals surface area contributed by atoms with Gasteiger partial charge < -0.3 is 9.84 Å². The largest absolute Gasteiger partial charge is 0.506 e. The van der Waals surface area contributed by atoms with E-state index in [-0.39, 0.29) is 11.4 Å². The van der Waals surface area contributed by atoms with Gasteiger partial charge in [-0.3, -0.25) is 5.32 Å². The maximum absolute atomic E-state index is 11.8. The summed E-state index contributed by atoms with van der Waals surface area (Å²) in [7, 11) is 0. The van der Waals surface area contributed by atoms with Gasteiger partial charge in [-0.2, -0.15) is 4.99 Å². The Kier molecular flexibility index (Phi) is 4.24. The molecule has 6 heteroatoms. The van der Waals surface area contributed by atoms with Crippen molar-refractivity contribution in [1.82, 2.24) is 0 Å². The molecule has 0 heterocycles. The van der Waals surface area contributed by atoms with E-state index in [4.69, 9.17) is 4.74 Å². The van der Waals surface area contributed by atoms with Gasteiger partial charge in [0.05, 0.1) is 11.2 Å². The van der Waals surface area contributed by atoms with Crippen LogP contribution in [0.3, 0.4) is 0 Å². The predicted octanol–water partition coefficient (Wildman–Crippen LogP) is 3.45. The Morgan fingerprint density at radius 3 is 2.59 bits per heavy atom. The number of hydrogen-bond donors (Lipinski definition) is 2. The molecule has 0 atom stereocenters. The van der Waals surface area contributed by atoms with Crippen molar-refractivity contribution in [2.24, 2.45) is 4.99 Å². The highest BCUT2D eigenvalue weighted by atomic mass is 16.6. The van der Waals surface area contributed by atoms with E-state index in [1.165, 1.54) is 6.07 Å². The normalized spacial score (nSPS) is 16.1. The van der Waals surface area contributed by atoms with Gasteiger partial charge in [-0.05, 0) is 57.7 Å². The fourth-order valence-corrected chi connectivity index (χ4v) is 2.40. The molecule has 1 aromatic rings. The third-order valence-electron chi connectivity index (χ3n) is 3.61. The van der Waals surface area contributed by atoms with Gasteiger partial charge >= 0.3 is 6.09 Å². The SMILES string of the molecule is CC(C)(C)OC(=O)Nc1cc(C2(N=C=O)CCC2)ccc1O. The van der Waals surface area contributed by atoms with Crippen LogP contribution in [0.1, 0.15) is 45.6 Å². The molecule has 6 nitrogen and oxygen atoms in total. The Morgan fingerprint density at radius 1 is 1.41 bits per heavy atom. The number of rotatable bonds is 3. The van der Waals surface area contributed by atoms with Crippen molar-refractivity contribution in [3.63, 3.8) is 0 Å². The van der Waals surface area contributed by atoms with E-state index < -0.39 is 17.2 Å². The zero-order chi connectivity index (χ0) is 16.4. The van der Waals surface area contributed by atoms with Gasteiger partial charge in [-0.25, -0.2) is 9.59 Å². The molecular weight excluding hydrogens is 284 g/mol. The van der Waals surface area contributed by atoms with Gasteiger partial charge in [0.2, 0.25) is 6.08 Å². The summed E-state index contributed by atoms with van der Waals surface area (Å²) < 4.78 is 5.16. The lowest BCUT2D eigenvalue weighted by molar-refractivity contribution is 0.0635. The molecule has 0 aromatic heterocycles. The minimum absolute atomic E-state index is 0.0702. The van der Waals surface area contributed by atoms with Crippen molar-refractivity contribution in [1.29, 1.82) is 0 Å². The first-order chi connectivity index (χ1) is 10.3. The Morgan fingerprint density at radius 2 is 2.09 bits per heavy atom. The molecule has 1 aliphatic carbocycles. The van der Waals surface area contributed by atoms with Crippen LogP contribution in [0.25, 0.3) is 0 Å². The lowest BCUT2D eigenvalue weighted by Gasteiger charge is -2.37. The summed E-state index contributed by atoms with van der Waals surface area (Å²) in [6.07, 6.45) is 3.43. The number of phenolic OH excluding ortho intramolecular Hbond substituents is 1. The minimum atomic E-state index is -0.651. The molecule has 1 amide bonds. The second kappa shape index (κ2) is 5.81. The van der Waals surface area contributed by atoms with Crippen molar-refractivity contribution in [3.8, 4) is 5.75 Å². The molecule has 1 saturated carbocycles. The first kappa shape index (κ1) is 16.0. The van der Waals surface area contributed by atoms with Crippen LogP contribution in [0.15, 0.2) is 23.2 Å². The number of phenols is 1. The van der Waals surface area contributed by atoms with Crippen LogP contribution in [0.4, 0.5) is 10.5 Å². The van der Waals surface area contributed by atoms with E-state index >= 15 is 0 Å². The van der Waals surface area contributed by atoms with Crippen LogP contribution in [0, 0.1) is 0 Å². The maximum atomic E-state index is 11.8. The number of benzene rings is 1. The number of ether oxygens (including phenoxy) is 1. The summed E-state index contributed by atoms with van der Waals surface area (Å²) in [5, 5.41) is 12.4. The Labute approximate surface area is 129 Å². The molecule has 22 heavy (non-hydrogen) atoms. The van der Waals surface area contributed by atoms with Crippen molar-refractivity contribution >= 4 is 17.9 Å². The minimum Gasteiger partial charge on any atom is -0.506 e. The van der Waals surface area contributed by atoms with Crippen LogP contribution in [0.2, 0.25) is 0 Å². The highest BCUT2D eigenvalue weighted by Crippen LogP contribution is 2.46. The van der Waals surface area contributed by atoms with Crippen molar-refractivity contribution in [2.75, 3.05) is 5.32 Å². The number of carbonyl (C=O) groups is 1. The second-order valence-electron chi connectivity index (χ2n) is 6.45. The maximum Gasteiger partial charge on any atom is 0.412 e. The molecule has 2 N–H and O–H groups in total. The van der Waals surface area contributed by atoms with Crippen LogP contribution in [-0.4, -0.2) is 22.9 Å². The van der Waals surface area contributed by atoms with Crippen LogP contribution < -0.4 is 5.32 Å². The summed E-state index contributed by atoms with van der Waals surface area (Å²) >= 11 is 0. The Balaban J connectivity index is 2.24. The predicted molar refractivity (Wildman–Crippen MR) is 81.6 cm³/mol. The number of aliphatic imine (C=N–C) groups is 1. The van der Waals surface area contributed by atoms with Crippen molar-refractivity contribution in [3.05, 3.63) is 23.8 Å². The molecule has 0 bridgehead atoms. The highest BCUT2D eigenvalue weighted by molar-refractivity contribution is 5.87. The third-order valence-corrected chi connectivity index (χ3v) is 3.61. The fourth-order valence-electron chi connectivity index (χ4n) is 2.40. The summed E-state index contributed by atoms with van der Waals surface area (Å²) in [5.41, 5.74) is -0.209. The summed E-state index contributed by atoms with van der Waals surface area (Å²) in [4.78, 5) is 26.4. The van der Waals surface area contributed by atoms with Gasteiger partial charge in [0, 0.05) is 0 Å². The smallest absolute Gasteiger partial charge is 0.412 e. The van der Waals surface area contributed by atoms with Gasteiger partial charge in [-0.15, -0.1) is 0 Å². The van der Waals surface area contributed by atoms with Gasteiger partial charge in [0.15, 0.2) is 0 Å². The summed E-state index contributed by atoms with van der Waals surface area (Å²) in [6.45, 7) is 5.26. The standard InChI is InChI=1S/C16H20N2O4/c1-15(2,3)22-14(21)18-12-9-11(5-6-13(12)20)16(17-10-19)7-4-8-16/h5-6,9,20H,4,7-8H2,1-3H3,(H,18,21). The molecule has 2 rings (SSSR count). The van der Waals surface area contributed by atoms with E-state index in [0.717, 1.165) is 24.8 Å². The van der Waals surface area contributed by atoms with Crippen LogP contribution in [0.5, 0.6) is 5.75 Å². The van der Waals surface area contributed by atoms with E-state index in [2.05, 4.69) is 10.3 Å². The highest BCUT2D eigenvalue weighted by Gasteiger charge is 2.39. The zero-order valence-electron chi connectivity index (χ0n) is 13.0. The number of amides is 1. The molecule has 0 saturated heterocycles. The average molecular weight is 304 g/mol. The Bertz CT molecular complexity index is 624. The van der Waals surface area contributed by atoms with E-state index in [9.17, 15) is 14.7 Å². The van der Waals surface area contributed by atoms with E-state index in [1.54, 1.807) is 39.0 Å². The molecule has 1 aliphatic rings. The number of hydrogen-bond acceptors (Lipinski definition) is 5. The topological polar surface area (TPSA) is 88.0 Å². The quantitative estimate of drug-likeness (QED) is 0.508. The number of nitrogens with zero attached hydrogens (tertiary/aromatic N) is 1. The Hall–Kier alpha value is -2.33. The van der Waals surface area contributed by atoms with Gasteiger partial charge in [-0.1, -0.05) is 6.07 Å². The average Bonchev–Trinajstić information content (AvgIpc) is 2.34. The summed E-state index contributed by atoms with van der Waals surface area (Å²) in [5.74, 6) is -0.0702. The molecule has 0 aliphatic heterocycles. The number of isocyanates is 1. The second-order valence-corrected chi connectivity index (χ2v) is 6.45. The van der Waals surface area contributed by atoms with E-state index in [0.29, 0.717) is 0 Å². The van der Waals surface area contributed by atoms with Crippen molar-refractivity contribution in [2.45, 2.75) is 51.2 Å². The lowest BCUT2D eigenvalue weighted by atomic mass is 9.72. The molecule has 1 aromatic carbocycles. The van der Waals surface area contributed by atoms with Crippen LogP contribution >= 0.6 is 0 Å². The van der Waals surface area contributed by atoms with Gasteiger partial charge in [0.25, 0.3) is 0 Å². The first-order valence-corrected chi connectivity index (χ1v) is 7.18. The fraction of sp³-hybridized carbons (Fsp3) is 0.500. The third kappa shape index (κ3) is 3.46. The number of nitrogens with one attached hydrogen (secondary N) is 1. The first-order valence-electron chi connectivity index (χ1n) is 7.18. The number of anilines is 1. The van der Waals surface area contributed by atoms with Gasteiger partial charge in [0.1, 0.15) is 11.4 Å². The lowest BCUT2D eigenvalue weighted by Crippen LogP contribution is -2.32. The molecular formula is C16H20N2O4. The van der Waals surface area contributed by atoms with E-state index in [1.807, 2.05) is 0 Å².